The predicted molar refractivity (Wildman–Crippen MR) is 150 cm³/mol. The van der Waals surface area contributed by atoms with E-state index in [4.69, 9.17) is 34.7 Å². The number of aromatic nitrogens is 2. The topological polar surface area (TPSA) is 140 Å². The lowest BCUT2D eigenvalue weighted by atomic mass is 9.97. The Labute approximate surface area is 233 Å². The van der Waals surface area contributed by atoms with Crippen molar-refractivity contribution in [1.82, 2.24) is 25.1 Å². The molecule has 2 saturated heterocycles. The summed E-state index contributed by atoms with van der Waals surface area (Å²) in [7, 11) is 0. The minimum absolute atomic E-state index is 0.0186. The highest BCUT2D eigenvalue weighted by molar-refractivity contribution is 6.32. The molecule has 2 aromatic rings. The Morgan fingerprint density at radius 3 is 2.66 bits per heavy atom. The number of hydrogen-bond acceptors (Lipinski definition) is 9. The van der Waals surface area contributed by atoms with Gasteiger partial charge in [0.2, 0.25) is 0 Å². The number of likely N-dealkylation sites (tertiary alicyclic amines) is 1. The molecule has 0 aliphatic carbocycles. The van der Waals surface area contributed by atoms with Crippen LogP contribution in [0.3, 0.4) is 0 Å². The molecule has 12 heteroatoms. The van der Waals surface area contributed by atoms with Crippen LogP contribution in [0.2, 0.25) is 10.2 Å². The summed E-state index contributed by atoms with van der Waals surface area (Å²) in [5.74, 6) is 0.141. The second-order valence-electron chi connectivity index (χ2n) is 9.78. The Morgan fingerprint density at radius 1 is 1.21 bits per heavy atom. The van der Waals surface area contributed by atoms with Crippen molar-refractivity contribution in [3.63, 3.8) is 0 Å². The molecule has 1 aromatic carbocycles. The van der Waals surface area contributed by atoms with E-state index in [0.717, 1.165) is 64.1 Å². The Hall–Kier alpha value is -2.68. The molecule has 1 atom stereocenters. The van der Waals surface area contributed by atoms with E-state index in [-0.39, 0.29) is 16.7 Å². The van der Waals surface area contributed by atoms with Crippen LogP contribution < -0.4 is 21.7 Å². The van der Waals surface area contributed by atoms with Gasteiger partial charge in [-0.15, -0.1) is 0 Å². The van der Waals surface area contributed by atoms with Gasteiger partial charge in [0, 0.05) is 56.4 Å². The molecule has 1 aromatic heterocycles. The number of piperidine rings is 1. The molecule has 0 bridgehead atoms. The zero-order chi connectivity index (χ0) is 27.2. The number of nitriles is 1. The number of nitrogen functional groups attached to an aromatic ring is 1. The maximum absolute atomic E-state index is 12.3. The van der Waals surface area contributed by atoms with Crippen LogP contribution in [0.5, 0.6) is 0 Å². The number of rotatable bonds is 8. The fraction of sp³-hybridized carbons (Fsp3) is 0.538. The number of halogens is 2. The van der Waals surface area contributed by atoms with Crippen LogP contribution in [0.4, 0.5) is 11.6 Å². The van der Waals surface area contributed by atoms with E-state index in [2.05, 4.69) is 43.0 Å². The van der Waals surface area contributed by atoms with Gasteiger partial charge in [-0.3, -0.25) is 14.6 Å². The molecule has 2 aliphatic rings. The molecule has 2 aliphatic heterocycles. The molecular formula is C26H35Cl2N9O. The number of hydrogen-bond donors (Lipinski definition) is 3. The van der Waals surface area contributed by atoms with Crippen LogP contribution in [0, 0.1) is 11.3 Å². The largest absolute Gasteiger partial charge is 0.382 e. The van der Waals surface area contributed by atoms with Crippen LogP contribution >= 0.6 is 23.2 Å². The van der Waals surface area contributed by atoms with Gasteiger partial charge < -0.3 is 21.7 Å². The summed E-state index contributed by atoms with van der Waals surface area (Å²) >= 11 is 12.5. The van der Waals surface area contributed by atoms with Crippen molar-refractivity contribution >= 4 is 40.7 Å². The maximum atomic E-state index is 12.3. The van der Waals surface area contributed by atoms with Crippen molar-refractivity contribution in [1.29, 1.82) is 5.26 Å². The fourth-order valence-corrected chi connectivity index (χ4v) is 5.82. The van der Waals surface area contributed by atoms with E-state index in [0.29, 0.717) is 41.6 Å². The SMILES string of the molecule is CC[C@H]1CN(c2nc(N)c(C(=O)NCCN)nc2Cl)CCN1C1CCN(Cc2ccc(Cl)cc2C#N)CC1. The van der Waals surface area contributed by atoms with E-state index in [1.54, 1.807) is 6.07 Å². The van der Waals surface area contributed by atoms with Gasteiger partial charge in [0.1, 0.15) is 0 Å². The van der Waals surface area contributed by atoms with Crippen LogP contribution in [0.15, 0.2) is 18.2 Å². The number of nitrogens with one attached hydrogen (secondary N) is 1. The lowest BCUT2D eigenvalue weighted by Gasteiger charge is -2.47. The first-order chi connectivity index (χ1) is 18.3. The molecule has 0 radical (unpaired) electrons. The highest BCUT2D eigenvalue weighted by Crippen LogP contribution is 2.30. The van der Waals surface area contributed by atoms with Gasteiger partial charge in [0.25, 0.3) is 5.91 Å². The third kappa shape index (κ3) is 6.47. The number of nitrogens with zero attached hydrogens (tertiary/aromatic N) is 6. The summed E-state index contributed by atoms with van der Waals surface area (Å²) in [4.78, 5) is 28.2. The van der Waals surface area contributed by atoms with Gasteiger partial charge in [-0.1, -0.05) is 36.2 Å². The van der Waals surface area contributed by atoms with Gasteiger partial charge in [0.15, 0.2) is 22.5 Å². The molecule has 3 heterocycles. The third-order valence-electron chi connectivity index (χ3n) is 7.42. The molecule has 0 unspecified atom stereocenters. The van der Waals surface area contributed by atoms with Crippen molar-refractivity contribution in [2.75, 3.05) is 56.4 Å². The molecule has 5 N–H and O–H groups in total. The van der Waals surface area contributed by atoms with Crippen LogP contribution in [0.1, 0.15) is 47.8 Å². The van der Waals surface area contributed by atoms with Crippen molar-refractivity contribution in [3.8, 4) is 6.07 Å². The second kappa shape index (κ2) is 12.9. The minimum Gasteiger partial charge on any atom is -0.382 e. The Morgan fingerprint density at radius 2 is 1.97 bits per heavy atom. The van der Waals surface area contributed by atoms with Gasteiger partial charge in [-0.25, -0.2) is 9.97 Å². The highest BCUT2D eigenvalue weighted by atomic mass is 35.5. The monoisotopic (exact) mass is 559 g/mol. The van der Waals surface area contributed by atoms with Crippen LogP contribution in [-0.2, 0) is 6.54 Å². The van der Waals surface area contributed by atoms with E-state index in [1.807, 2.05) is 12.1 Å². The average molecular weight is 561 g/mol. The molecule has 0 spiro atoms. The predicted octanol–water partition coefficient (Wildman–Crippen LogP) is 2.49. The van der Waals surface area contributed by atoms with E-state index in [9.17, 15) is 10.1 Å². The smallest absolute Gasteiger partial charge is 0.273 e. The van der Waals surface area contributed by atoms with E-state index in [1.165, 1.54) is 0 Å². The molecule has 1 amide bonds. The second-order valence-corrected chi connectivity index (χ2v) is 10.6. The van der Waals surface area contributed by atoms with E-state index < -0.39 is 5.91 Å². The van der Waals surface area contributed by atoms with Crippen LogP contribution in [0.25, 0.3) is 0 Å². The first-order valence-electron chi connectivity index (χ1n) is 13.1. The lowest BCUT2D eigenvalue weighted by molar-refractivity contribution is 0.0610. The summed E-state index contributed by atoms with van der Waals surface area (Å²) < 4.78 is 0. The highest BCUT2D eigenvalue weighted by Gasteiger charge is 2.34. The summed E-state index contributed by atoms with van der Waals surface area (Å²) in [5.41, 5.74) is 13.2. The summed E-state index contributed by atoms with van der Waals surface area (Å²) in [6.45, 7) is 7.96. The minimum atomic E-state index is -0.434. The molecule has 2 fully saturated rings. The first kappa shape index (κ1) is 28.3. The van der Waals surface area contributed by atoms with Gasteiger partial charge in [-0.05, 0) is 50.0 Å². The normalized spacial score (nSPS) is 19.3. The zero-order valence-corrected chi connectivity index (χ0v) is 23.2. The van der Waals surface area contributed by atoms with E-state index >= 15 is 0 Å². The van der Waals surface area contributed by atoms with Crippen LogP contribution in [-0.4, -0.2) is 83.6 Å². The van der Waals surface area contributed by atoms with Crippen molar-refractivity contribution in [3.05, 3.63) is 45.2 Å². The zero-order valence-electron chi connectivity index (χ0n) is 21.7. The summed E-state index contributed by atoms with van der Waals surface area (Å²) in [6.07, 6.45) is 3.14. The van der Waals surface area contributed by atoms with Crippen molar-refractivity contribution in [2.45, 2.75) is 44.8 Å². The number of carbonyl (C=O) groups excluding carboxylic acids is 1. The molecule has 204 valence electrons. The van der Waals surface area contributed by atoms with Crippen molar-refractivity contribution in [2.24, 2.45) is 5.73 Å². The fourth-order valence-electron chi connectivity index (χ4n) is 5.40. The first-order valence-corrected chi connectivity index (χ1v) is 13.8. The number of benzene rings is 1. The number of amides is 1. The molecule has 38 heavy (non-hydrogen) atoms. The summed E-state index contributed by atoms with van der Waals surface area (Å²) in [6, 6.07) is 8.66. The number of nitrogens with two attached hydrogens (primary N) is 2. The molecular weight excluding hydrogens is 525 g/mol. The summed E-state index contributed by atoms with van der Waals surface area (Å²) in [5, 5.41) is 12.9. The Kier molecular flexibility index (Phi) is 9.63. The molecule has 4 rings (SSSR count). The maximum Gasteiger partial charge on any atom is 0.273 e. The number of anilines is 2. The Bertz CT molecular complexity index is 1180. The molecule has 10 nitrogen and oxygen atoms in total. The average Bonchev–Trinajstić information content (AvgIpc) is 2.93. The number of piperazine rings is 1. The van der Waals surface area contributed by atoms with Crippen molar-refractivity contribution < 1.29 is 4.79 Å². The quantitative estimate of drug-likeness (QED) is 0.444. The van der Waals surface area contributed by atoms with Gasteiger partial charge >= 0.3 is 0 Å². The van der Waals surface area contributed by atoms with Gasteiger partial charge in [-0.2, -0.15) is 5.26 Å². The van der Waals surface area contributed by atoms with Gasteiger partial charge in [0.05, 0.1) is 11.6 Å². The third-order valence-corrected chi connectivity index (χ3v) is 7.91. The number of carbonyl (C=O) groups is 1. The Balaban J connectivity index is 1.36. The standard InChI is InChI=1S/C26H35Cl2N9O/c1-2-20-16-36(25-23(28)33-22(24(31)34-25)26(38)32-8-7-29)11-12-37(20)21-5-9-35(10-6-21)15-17-3-4-19(27)13-18(17)14-30/h3-4,13,20-21H,2,5-12,15-16,29H2,1H3,(H2,31,34)(H,32,38)/t20-/m0/s1. The molecule has 0 saturated carbocycles. The lowest BCUT2D eigenvalue weighted by Crippen LogP contribution is -2.58.